The molecule has 0 atom stereocenters. The lowest BCUT2D eigenvalue weighted by molar-refractivity contribution is 0.0783. The summed E-state index contributed by atoms with van der Waals surface area (Å²) in [6.45, 7) is 13.3. The van der Waals surface area contributed by atoms with E-state index in [1.54, 1.807) is 13.8 Å². The number of rotatable bonds is 4. The van der Waals surface area contributed by atoms with Gasteiger partial charge in [0.15, 0.2) is 4.21 Å². The molecule has 0 saturated carbocycles. The van der Waals surface area contributed by atoms with Crippen molar-refractivity contribution in [1.29, 1.82) is 0 Å². The van der Waals surface area contributed by atoms with Crippen molar-refractivity contribution in [2.75, 3.05) is 0 Å². The Labute approximate surface area is 126 Å². The average Bonchev–Trinajstić information content (AvgIpc) is 2.61. The molecule has 8 heteroatoms. The minimum absolute atomic E-state index is 0.0934. The van der Waals surface area contributed by atoms with Crippen molar-refractivity contribution >= 4 is 29.6 Å². The van der Waals surface area contributed by atoms with Crippen LogP contribution in [0.2, 0.25) is 18.1 Å². The quantitative estimate of drug-likeness (QED) is 0.829. The third-order valence-corrected chi connectivity index (χ3v) is 13.1. The predicted molar refractivity (Wildman–Crippen MR) is 84.9 cm³/mol. The summed E-state index contributed by atoms with van der Waals surface area (Å²) in [7, 11) is -5.77. The second kappa shape index (κ2) is 5.17. The van der Waals surface area contributed by atoms with Gasteiger partial charge in [-0.1, -0.05) is 33.9 Å². The van der Waals surface area contributed by atoms with E-state index in [1.807, 2.05) is 33.9 Å². The van der Waals surface area contributed by atoms with E-state index < -0.39 is 23.9 Å². The van der Waals surface area contributed by atoms with Gasteiger partial charge >= 0.3 is 0 Å². The molecule has 0 amide bonds. The standard InChI is InChI=1S/C12H24N2O3S2Si/c1-11(2,3)20(6,7)14-19(16,17)9-8-13-10(18-9)12(4,5)15/h8,14-15H,1-7H3. The number of nitrogens with one attached hydrogen (secondary N) is 1. The van der Waals surface area contributed by atoms with Gasteiger partial charge in [-0.15, -0.1) is 11.3 Å². The summed E-state index contributed by atoms with van der Waals surface area (Å²) < 4.78 is 27.9. The van der Waals surface area contributed by atoms with Crippen molar-refractivity contribution in [2.45, 2.75) is 62.6 Å². The topological polar surface area (TPSA) is 79.3 Å². The molecular formula is C12H24N2O3S2Si. The van der Waals surface area contributed by atoms with Crippen molar-refractivity contribution in [3.05, 3.63) is 11.2 Å². The second-order valence-corrected chi connectivity index (χ2v) is 15.3. The maximum atomic E-state index is 12.4. The molecule has 116 valence electrons. The molecule has 2 N–H and O–H groups in total. The highest BCUT2D eigenvalue weighted by Gasteiger charge is 2.40. The van der Waals surface area contributed by atoms with Gasteiger partial charge in [-0.25, -0.2) is 17.8 Å². The van der Waals surface area contributed by atoms with Crippen molar-refractivity contribution in [2.24, 2.45) is 0 Å². The van der Waals surface area contributed by atoms with E-state index >= 15 is 0 Å². The normalized spacial score (nSPS) is 14.6. The van der Waals surface area contributed by atoms with Crippen LogP contribution in [-0.4, -0.2) is 26.7 Å². The highest BCUT2D eigenvalue weighted by atomic mass is 32.2. The molecule has 1 heterocycles. The Hall–Kier alpha value is -0.283. The van der Waals surface area contributed by atoms with Gasteiger partial charge in [-0.3, -0.25) is 0 Å². The van der Waals surface area contributed by atoms with Crippen LogP contribution in [0.1, 0.15) is 39.6 Å². The number of sulfonamides is 1. The first kappa shape index (κ1) is 17.8. The summed E-state index contributed by atoms with van der Waals surface area (Å²) in [6, 6.07) is 0. The lowest BCUT2D eigenvalue weighted by atomic mass is 10.2. The van der Waals surface area contributed by atoms with Crippen LogP contribution >= 0.6 is 11.3 Å². The number of nitrogens with zero attached hydrogens (tertiary/aromatic N) is 1. The number of aliphatic hydroxyl groups is 1. The van der Waals surface area contributed by atoms with Gasteiger partial charge < -0.3 is 5.11 Å². The predicted octanol–water partition coefficient (Wildman–Crippen LogP) is 2.65. The number of hydrogen-bond donors (Lipinski definition) is 2. The highest BCUT2D eigenvalue weighted by Crippen LogP contribution is 2.35. The summed E-state index contributed by atoms with van der Waals surface area (Å²) in [4.78, 5) is 4.01. The van der Waals surface area contributed by atoms with Gasteiger partial charge in [-0.05, 0) is 18.9 Å². The number of aromatic nitrogens is 1. The van der Waals surface area contributed by atoms with E-state index in [1.165, 1.54) is 6.20 Å². The first-order valence-electron chi connectivity index (χ1n) is 6.39. The molecule has 5 nitrogen and oxygen atoms in total. The molecule has 0 aliphatic rings. The zero-order chi connectivity index (χ0) is 16.0. The molecule has 1 aromatic rings. The molecule has 20 heavy (non-hydrogen) atoms. The smallest absolute Gasteiger partial charge is 0.245 e. The van der Waals surface area contributed by atoms with Gasteiger partial charge in [0, 0.05) is 0 Å². The molecular weight excluding hydrogens is 312 g/mol. The van der Waals surface area contributed by atoms with Crippen LogP contribution in [0, 0.1) is 0 Å². The Morgan fingerprint density at radius 1 is 1.25 bits per heavy atom. The molecule has 0 unspecified atom stereocenters. The molecule has 0 aromatic carbocycles. The molecule has 1 rings (SSSR count). The zero-order valence-corrected chi connectivity index (χ0v) is 15.7. The molecule has 0 aliphatic heterocycles. The summed E-state index contributed by atoms with van der Waals surface area (Å²) in [5.41, 5.74) is -1.13. The fourth-order valence-corrected chi connectivity index (χ4v) is 7.41. The van der Waals surface area contributed by atoms with Crippen molar-refractivity contribution in [1.82, 2.24) is 9.37 Å². The first-order valence-corrected chi connectivity index (χ1v) is 11.7. The lowest BCUT2D eigenvalue weighted by Crippen LogP contribution is -2.54. The van der Waals surface area contributed by atoms with Gasteiger partial charge in [-0.2, -0.15) is 0 Å². The van der Waals surface area contributed by atoms with Gasteiger partial charge in [0.05, 0.1) is 6.20 Å². The van der Waals surface area contributed by atoms with Crippen LogP contribution < -0.4 is 4.39 Å². The fourth-order valence-electron chi connectivity index (χ4n) is 1.21. The van der Waals surface area contributed by atoms with E-state index in [-0.39, 0.29) is 9.25 Å². The molecule has 0 fully saturated rings. The van der Waals surface area contributed by atoms with Crippen LogP contribution in [0.4, 0.5) is 0 Å². The minimum Gasteiger partial charge on any atom is -0.383 e. The van der Waals surface area contributed by atoms with Crippen LogP contribution in [0.5, 0.6) is 0 Å². The first-order chi connectivity index (χ1) is 8.67. The Kier molecular flexibility index (Phi) is 4.59. The maximum absolute atomic E-state index is 12.4. The minimum atomic E-state index is -3.58. The van der Waals surface area contributed by atoms with Crippen LogP contribution in [0.3, 0.4) is 0 Å². The molecule has 1 aromatic heterocycles. The van der Waals surface area contributed by atoms with E-state index in [0.29, 0.717) is 5.01 Å². The van der Waals surface area contributed by atoms with Gasteiger partial charge in [0.1, 0.15) is 18.8 Å². The van der Waals surface area contributed by atoms with Crippen molar-refractivity contribution < 1.29 is 13.5 Å². The molecule has 0 spiro atoms. The highest BCUT2D eigenvalue weighted by molar-refractivity contribution is 7.93. The SMILES string of the molecule is CC(C)(O)c1ncc(S(=O)(=O)N[Si](C)(C)C(C)(C)C)s1. The van der Waals surface area contributed by atoms with Crippen molar-refractivity contribution in [3.63, 3.8) is 0 Å². The third kappa shape index (κ3) is 3.88. The Morgan fingerprint density at radius 3 is 2.10 bits per heavy atom. The van der Waals surface area contributed by atoms with Gasteiger partial charge in [0.25, 0.3) is 0 Å². The van der Waals surface area contributed by atoms with Crippen LogP contribution in [-0.2, 0) is 15.6 Å². The molecule has 0 aliphatic carbocycles. The van der Waals surface area contributed by atoms with Gasteiger partial charge in [0.2, 0.25) is 10.0 Å². The molecule has 0 radical (unpaired) electrons. The van der Waals surface area contributed by atoms with E-state index in [2.05, 4.69) is 9.37 Å². The second-order valence-electron chi connectivity index (χ2n) is 7.02. The average molecular weight is 337 g/mol. The van der Waals surface area contributed by atoms with E-state index in [0.717, 1.165) is 11.3 Å². The number of hydrogen-bond acceptors (Lipinski definition) is 5. The Balaban J connectivity index is 3.10. The van der Waals surface area contributed by atoms with Crippen LogP contribution in [0.25, 0.3) is 0 Å². The van der Waals surface area contributed by atoms with Crippen LogP contribution in [0.15, 0.2) is 10.4 Å². The summed E-state index contributed by atoms with van der Waals surface area (Å²) in [6.07, 6.45) is 1.31. The molecule has 0 saturated heterocycles. The maximum Gasteiger partial charge on any atom is 0.245 e. The zero-order valence-electron chi connectivity index (χ0n) is 13.1. The van der Waals surface area contributed by atoms with E-state index in [9.17, 15) is 13.5 Å². The fraction of sp³-hybridized carbons (Fsp3) is 0.750. The third-order valence-electron chi connectivity index (χ3n) is 3.54. The largest absolute Gasteiger partial charge is 0.383 e. The monoisotopic (exact) mass is 336 g/mol. The van der Waals surface area contributed by atoms with Crippen molar-refractivity contribution in [3.8, 4) is 0 Å². The number of thiazole rings is 1. The summed E-state index contributed by atoms with van der Waals surface area (Å²) in [5.74, 6) is 0. The summed E-state index contributed by atoms with van der Waals surface area (Å²) in [5, 5.41) is 10.2. The van der Waals surface area contributed by atoms with E-state index in [4.69, 9.17) is 0 Å². The molecule has 0 bridgehead atoms. The summed E-state index contributed by atoms with van der Waals surface area (Å²) >= 11 is 1.01. The lowest BCUT2D eigenvalue weighted by Gasteiger charge is -2.36. The Bertz CT molecular complexity index is 581. The Morgan fingerprint density at radius 2 is 1.75 bits per heavy atom.